The van der Waals surface area contributed by atoms with Gasteiger partial charge in [0.2, 0.25) is 0 Å². The number of rotatable bonds is 3. The molecule has 1 aliphatic carbocycles. The first-order valence-electron chi connectivity index (χ1n) is 17.5. The molecule has 0 saturated carbocycles. The SMILES string of the molecule is COc1ccc2c(c1)-c1c(-c3ccccc3)nc(-c3ccc4ccc5cccc6ccc3c4c56)n1C21C=C(C(C)(C)C)C(=O)C(C(C)(C)C)=C1. The number of carbonyl (C=O) groups excluding carboxylic acids is 1. The lowest BCUT2D eigenvalue weighted by atomic mass is 9.67. The minimum atomic E-state index is -0.810. The molecule has 0 amide bonds. The van der Waals surface area contributed by atoms with Gasteiger partial charge in [-0.25, -0.2) is 4.98 Å². The zero-order valence-electron chi connectivity index (χ0n) is 29.7. The van der Waals surface area contributed by atoms with Crippen molar-refractivity contribution < 1.29 is 9.53 Å². The van der Waals surface area contributed by atoms with Gasteiger partial charge in [-0.2, -0.15) is 0 Å². The van der Waals surface area contributed by atoms with Crippen LogP contribution in [0.1, 0.15) is 47.1 Å². The summed E-state index contributed by atoms with van der Waals surface area (Å²) in [5.74, 6) is 1.77. The van der Waals surface area contributed by atoms with E-state index < -0.39 is 5.54 Å². The van der Waals surface area contributed by atoms with Crippen molar-refractivity contribution in [2.24, 2.45) is 10.8 Å². The summed E-state index contributed by atoms with van der Waals surface area (Å²) in [7, 11) is 1.71. The van der Waals surface area contributed by atoms with Gasteiger partial charge in [0.25, 0.3) is 0 Å². The largest absolute Gasteiger partial charge is 0.497 e. The molecule has 50 heavy (non-hydrogen) atoms. The normalized spacial score (nSPS) is 15.5. The van der Waals surface area contributed by atoms with Crippen LogP contribution in [-0.4, -0.2) is 22.4 Å². The molecule has 9 rings (SSSR count). The van der Waals surface area contributed by atoms with Crippen molar-refractivity contribution in [1.82, 2.24) is 9.55 Å². The monoisotopic (exact) mass is 652 g/mol. The lowest BCUT2D eigenvalue weighted by Crippen LogP contribution is -2.38. The molecule has 4 nitrogen and oxygen atoms in total. The van der Waals surface area contributed by atoms with Gasteiger partial charge < -0.3 is 9.30 Å². The third kappa shape index (κ3) is 4.17. The van der Waals surface area contributed by atoms with Crippen LogP contribution in [0.15, 0.2) is 126 Å². The highest BCUT2D eigenvalue weighted by atomic mass is 16.5. The van der Waals surface area contributed by atoms with E-state index in [1.165, 1.54) is 26.9 Å². The molecule has 0 atom stereocenters. The van der Waals surface area contributed by atoms with Crippen molar-refractivity contribution in [3.63, 3.8) is 0 Å². The zero-order valence-corrected chi connectivity index (χ0v) is 29.7. The topological polar surface area (TPSA) is 44.1 Å². The number of hydrogen-bond donors (Lipinski definition) is 0. The highest BCUT2D eigenvalue weighted by molar-refractivity contribution is 6.25. The first-order valence-corrected chi connectivity index (χ1v) is 17.5. The first kappa shape index (κ1) is 30.6. The van der Waals surface area contributed by atoms with E-state index in [2.05, 4.69) is 149 Å². The molecule has 0 radical (unpaired) electrons. The molecule has 2 aliphatic rings. The summed E-state index contributed by atoms with van der Waals surface area (Å²) in [6.07, 6.45) is 4.48. The molecule has 246 valence electrons. The summed E-state index contributed by atoms with van der Waals surface area (Å²) >= 11 is 0. The third-order valence-electron chi connectivity index (χ3n) is 10.8. The Hall–Kier alpha value is -5.48. The second-order valence-corrected chi connectivity index (χ2v) is 16.0. The van der Waals surface area contributed by atoms with E-state index in [1.807, 2.05) is 12.1 Å². The lowest BCUT2D eigenvalue weighted by Gasteiger charge is -2.39. The van der Waals surface area contributed by atoms with Crippen LogP contribution in [-0.2, 0) is 10.3 Å². The number of fused-ring (bicyclic) bond motifs is 5. The second-order valence-electron chi connectivity index (χ2n) is 16.0. The van der Waals surface area contributed by atoms with Crippen molar-refractivity contribution in [3.05, 3.63) is 132 Å². The van der Waals surface area contributed by atoms with Crippen LogP contribution in [0, 0.1) is 10.8 Å². The predicted molar refractivity (Wildman–Crippen MR) is 206 cm³/mol. The molecule has 0 N–H and O–H groups in total. The minimum absolute atomic E-state index is 0.117. The van der Waals surface area contributed by atoms with Gasteiger partial charge in [0.05, 0.1) is 18.5 Å². The lowest BCUT2D eigenvalue weighted by molar-refractivity contribution is -0.114. The summed E-state index contributed by atoms with van der Waals surface area (Å²) in [6, 6.07) is 36.8. The van der Waals surface area contributed by atoms with Gasteiger partial charge in [0.15, 0.2) is 5.78 Å². The standard InChI is InChI=1S/C46H40N2O2/c1-44(2,3)36-25-46(26-37(42(36)49)45(4,5)6)35-23-20-31(50-7)24-34(35)41-40(30-12-9-8-10-13-30)47-43(48(41)46)33-22-19-29-17-16-27-14-11-15-28-18-21-32(33)39(29)38(27)28/h8-26H,1-7H3. The Kier molecular flexibility index (Phi) is 6.28. The Morgan fingerprint density at radius 2 is 1.28 bits per heavy atom. The minimum Gasteiger partial charge on any atom is -0.497 e. The molecule has 0 unspecified atom stereocenters. The molecule has 0 saturated heterocycles. The Bertz CT molecular complexity index is 2550. The average Bonchev–Trinajstić information content (AvgIpc) is 3.62. The van der Waals surface area contributed by atoms with E-state index in [0.717, 1.165) is 61.7 Å². The first-order chi connectivity index (χ1) is 23.9. The number of aromatic nitrogens is 2. The van der Waals surface area contributed by atoms with Crippen molar-refractivity contribution in [3.8, 4) is 39.7 Å². The molecule has 1 aliphatic heterocycles. The van der Waals surface area contributed by atoms with Gasteiger partial charge in [-0.3, -0.25) is 4.79 Å². The van der Waals surface area contributed by atoms with Gasteiger partial charge in [-0.15, -0.1) is 0 Å². The van der Waals surface area contributed by atoms with E-state index in [1.54, 1.807) is 7.11 Å². The number of carbonyl (C=O) groups is 1. The van der Waals surface area contributed by atoms with E-state index in [4.69, 9.17) is 9.72 Å². The molecule has 4 heteroatoms. The average molecular weight is 653 g/mol. The van der Waals surface area contributed by atoms with Crippen molar-refractivity contribution in [1.29, 1.82) is 0 Å². The van der Waals surface area contributed by atoms with E-state index in [0.29, 0.717) is 0 Å². The number of imidazole rings is 1. The number of hydrogen-bond acceptors (Lipinski definition) is 3. The molecule has 1 spiro atoms. The van der Waals surface area contributed by atoms with E-state index in [-0.39, 0.29) is 16.6 Å². The van der Waals surface area contributed by atoms with Crippen LogP contribution in [0.5, 0.6) is 5.75 Å². The highest BCUT2D eigenvalue weighted by Gasteiger charge is 2.50. The molecule has 1 aromatic heterocycles. The number of allylic oxidation sites excluding steroid dienone is 4. The van der Waals surface area contributed by atoms with Crippen LogP contribution < -0.4 is 4.74 Å². The van der Waals surface area contributed by atoms with Crippen LogP contribution in [0.3, 0.4) is 0 Å². The summed E-state index contributed by atoms with van der Waals surface area (Å²) in [5, 5.41) is 7.35. The molecule has 0 fully saturated rings. The molecule has 7 aromatic rings. The molecule has 6 aromatic carbocycles. The Morgan fingerprint density at radius 1 is 0.660 bits per heavy atom. The number of nitrogens with zero attached hydrogens (tertiary/aromatic N) is 2. The van der Waals surface area contributed by atoms with E-state index >= 15 is 0 Å². The quantitative estimate of drug-likeness (QED) is 0.178. The van der Waals surface area contributed by atoms with Crippen LogP contribution in [0.25, 0.3) is 66.2 Å². The Balaban J connectivity index is 1.48. The zero-order chi connectivity index (χ0) is 34.7. The van der Waals surface area contributed by atoms with Crippen LogP contribution in [0.4, 0.5) is 0 Å². The van der Waals surface area contributed by atoms with E-state index in [9.17, 15) is 4.79 Å². The number of benzene rings is 6. The maximum absolute atomic E-state index is 14.5. The number of methoxy groups -OCH3 is 1. The molecular weight excluding hydrogens is 613 g/mol. The summed E-state index contributed by atoms with van der Waals surface area (Å²) in [4.78, 5) is 20.1. The fraction of sp³-hybridized carbons (Fsp3) is 0.217. The van der Waals surface area contributed by atoms with Crippen molar-refractivity contribution >= 4 is 38.1 Å². The van der Waals surface area contributed by atoms with Gasteiger partial charge >= 0.3 is 0 Å². The van der Waals surface area contributed by atoms with Crippen molar-refractivity contribution in [2.75, 3.05) is 7.11 Å². The molecule has 0 bridgehead atoms. The summed E-state index contributed by atoms with van der Waals surface area (Å²) < 4.78 is 8.27. The maximum Gasteiger partial charge on any atom is 0.185 e. The van der Waals surface area contributed by atoms with Gasteiger partial charge in [-0.05, 0) is 73.0 Å². The van der Waals surface area contributed by atoms with Crippen LogP contribution in [0.2, 0.25) is 0 Å². The number of ether oxygens (including phenoxy) is 1. The maximum atomic E-state index is 14.5. The van der Waals surface area contributed by atoms with Gasteiger partial charge in [0.1, 0.15) is 17.1 Å². The number of Topliss-reactive ketones (excluding diaryl/α,β-unsaturated/α-hetero) is 1. The Labute approximate surface area is 293 Å². The Morgan fingerprint density at radius 3 is 1.92 bits per heavy atom. The predicted octanol–water partition coefficient (Wildman–Crippen LogP) is 11.4. The smallest absolute Gasteiger partial charge is 0.185 e. The summed E-state index contributed by atoms with van der Waals surface area (Å²) in [5.41, 5.74) is 6.25. The fourth-order valence-electron chi connectivity index (χ4n) is 8.41. The third-order valence-corrected chi connectivity index (χ3v) is 10.8. The van der Waals surface area contributed by atoms with Crippen LogP contribution >= 0.6 is 0 Å². The van der Waals surface area contributed by atoms with Crippen molar-refractivity contribution in [2.45, 2.75) is 47.1 Å². The molecular formula is C46H40N2O2. The highest BCUT2D eigenvalue weighted by Crippen LogP contribution is 2.57. The second kappa shape index (κ2) is 10.3. The van der Waals surface area contributed by atoms with Gasteiger partial charge in [-0.1, -0.05) is 133 Å². The fourth-order valence-corrected chi connectivity index (χ4v) is 8.41. The molecule has 2 heterocycles. The number of ketones is 1. The van der Waals surface area contributed by atoms with Gasteiger partial charge in [0, 0.05) is 27.8 Å². The summed E-state index contributed by atoms with van der Waals surface area (Å²) in [6.45, 7) is 12.9.